The molecule has 0 heterocycles. The average Bonchev–Trinajstić information content (AvgIpc) is 2.26. The summed E-state index contributed by atoms with van der Waals surface area (Å²) >= 11 is 3.65. The van der Waals surface area contributed by atoms with Crippen LogP contribution in [-0.2, 0) is 0 Å². The Labute approximate surface area is 105 Å². The van der Waals surface area contributed by atoms with Gasteiger partial charge in [0.05, 0.1) is 0 Å². The smallest absolute Gasteiger partial charge is 0.00596 e. The molecule has 92 valence electrons. The number of alkyl halides is 1. The molecule has 0 spiro atoms. The van der Waals surface area contributed by atoms with E-state index in [1.165, 1.54) is 69.5 Å². The molecule has 1 atom stereocenters. The lowest BCUT2D eigenvalue weighted by Gasteiger charge is -2.13. The van der Waals surface area contributed by atoms with E-state index in [1.807, 2.05) is 0 Å². The van der Waals surface area contributed by atoms with E-state index in [-0.39, 0.29) is 0 Å². The second-order valence-electron chi connectivity index (χ2n) is 4.72. The summed E-state index contributed by atoms with van der Waals surface area (Å²) in [5.41, 5.74) is 0. The lowest BCUT2D eigenvalue weighted by molar-refractivity contribution is 0.446. The molecule has 0 aliphatic carbocycles. The second kappa shape index (κ2) is 12.5. The van der Waals surface area contributed by atoms with Gasteiger partial charge in [-0.25, -0.2) is 0 Å². The molecule has 0 saturated carbocycles. The highest BCUT2D eigenvalue weighted by Gasteiger charge is 2.05. The van der Waals surface area contributed by atoms with Crippen molar-refractivity contribution in [3.05, 3.63) is 0 Å². The number of hydrogen-bond donors (Lipinski definition) is 0. The van der Waals surface area contributed by atoms with Crippen molar-refractivity contribution >= 4 is 15.9 Å². The molecule has 15 heavy (non-hydrogen) atoms. The lowest BCUT2D eigenvalue weighted by atomic mass is 9.96. The Morgan fingerprint density at radius 3 is 1.73 bits per heavy atom. The molecule has 0 saturated heterocycles. The Kier molecular flexibility index (Phi) is 13.0. The van der Waals surface area contributed by atoms with Gasteiger partial charge < -0.3 is 0 Å². The summed E-state index contributed by atoms with van der Waals surface area (Å²) in [4.78, 5) is 0. The van der Waals surface area contributed by atoms with Crippen LogP contribution in [0.4, 0.5) is 0 Å². The first-order valence-corrected chi connectivity index (χ1v) is 8.03. The van der Waals surface area contributed by atoms with E-state index in [2.05, 4.69) is 29.8 Å². The molecule has 0 aliphatic heterocycles. The van der Waals surface area contributed by atoms with Crippen LogP contribution in [0.3, 0.4) is 0 Å². The monoisotopic (exact) mass is 276 g/mol. The van der Waals surface area contributed by atoms with E-state index in [4.69, 9.17) is 0 Å². The molecule has 1 heteroatoms. The zero-order chi connectivity index (χ0) is 11.4. The van der Waals surface area contributed by atoms with Crippen molar-refractivity contribution < 1.29 is 0 Å². The zero-order valence-corrected chi connectivity index (χ0v) is 12.3. The molecule has 0 aromatic heterocycles. The molecule has 1 unspecified atom stereocenters. The third-order valence-electron chi connectivity index (χ3n) is 3.15. The van der Waals surface area contributed by atoms with Gasteiger partial charge in [-0.1, -0.05) is 81.1 Å². The molecule has 0 bridgehead atoms. The van der Waals surface area contributed by atoms with Gasteiger partial charge >= 0.3 is 0 Å². The molecule has 0 rings (SSSR count). The Balaban J connectivity index is 3.28. The Morgan fingerprint density at radius 2 is 1.20 bits per heavy atom. The maximum Gasteiger partial charge on any atom is 0.00596 e. The van der Waals surface area contributed by atoms with Gasteiger partial charge in [-0.3, -0.25) is 0 Å². The van der Waals surface area contributed by atoms with Crippen LogP contribution < -0.4 is 0 Å². The summed E-state index contributed by atoms with van der Waals surface area (Å²) in [6.07, 6.45) is 14.2. The van der Waals surface area contributed by atoms with Crippen molar-refractivity contribution in [1.29, 1.82) is 0 Å². The molecular formula is C14H29Br. The molecule has 0 fully saturated rings. The van der Waals surface area contributed by atoms with Crippen LogP contribution >= 0.6 is 15.9 Å². The standard InChI is InChI=1S/C14H29Br/c1-3-5-7-8-10-12-14(13-15)11-9-6-4-2/h14H,3-13H2,1-2H3. The first-order valence-electron chi connectivity index (χ1n) is 6.91. The van der Waals surface area contributed by atoms with E-state index in [1.54, 1.807) is 0 Å². The van der Waals surface area contributed by atoms with Gasteiger partial charge in [0.2, 0.25) is 0 Å². The summed E-state index contributed by atoms with van der Waals surface area (Å²) < 4.78 is 0. The second-order valence-corrected chi connectivity index (χ2v) is 5.37. The van der Waals surface area contributed by atoms with Crippen LogP contribution in [0.2, 0.25) is 0 Å². The fourth-order valence-electron chi connectivity index (χ4n) is 2.02. The van der Waals surface area contributed by atoms with Gasteiger partial charge in [0.25, 0.3) is 0 Å². The number of halogens is 1. The van der Waals surface area contributed by atoms with Gasteiger partial charge in [-0.2, -0.15) is 0 Å². The normalized spacial score (nSPS) is 13.0. The molecule has 0 aliphatic rings. The van der Waals surface area contributed by atoms with Crippen LogP contribution in [0, 0.1) is 5.92 Å². The van der Waals surface area contributed by atoms with Gasteiger partial charge in [-0.05, 0) is 18.8 Å². The fourth-order valence-corrected chi connectivity index (χ4v) is 2.67. The van der Waals surface area contributed by atoms with Crippen molar-refractivity contribution in [1.82, 2.24) is 0 Å². The Bertz CT molecular complexity index is 112. The van der Waals surface area contributed by atoms with Gasteiger partial charge in [0.1, 0.15) is 0 Å². The maximum absolute atomic E-state index is 3.65. The minimum absolute atomic E-state index is 0.943. The maximum atomic E-state index is 3.65. The fraction of sp³-hybridized carbons (Fsp3) is 1.00. The van der Waals surface area contributed by atoms with Crippen molar-refractivity contribution in [2.24, 2.45) is 5.92 Å². The SMILES string of the molecule is CCCCCCCC(CBr)CCCCC. The van der Waals surface area contributed by atoms with Crippen molar-refractivity contribution in [3.63, 3.8) is 0 Å². The quantitative estimate of drug-likeness (QED) is 0.324. The van der Waals surface area contributed by atoms with Crippen LogP contribution in [0.5, 0.6) is 0 Å². The number of unbranched alkanes of at least 4 members (excludes halogenated alkanes) is 6. The minimum atomic E-state index is 0.943. The first-order chi connectivity index (χ1) is 7.35. The minimum Gasteiger partial charge on any atom is -0.0925 e. The average molecular weight is 277 g/mol. The van der Waals surface area contributed by atoms with Crippen molar-refractivity contribution in [2.75, 3.05) is 5.33 Å². The summed E-state index contributed by atoms with van der Waals surface area (Å²) in [6, 6.07) is 0. The molecular weight excluding hydrogens is 248 g/mol. The van der Waals surface area contributed by atoms with E-state index in [9.17, 15) is 0 Å². The van der Waals surface area contributed by atoms with E-state index in [0.717, 1.165) is 5.92 Å². The van der Waals surface area contributed by atoms with Crippen LogP contribution in [-0.4, -0.2) is 5.33 Å². The van der Waals surface area contributed by atoms with E-state index in [0.29, 0.717) is 0 Å². The van der Waals surface area contributed by atoms with Crippen LogP contribution in [0.25, 0.3) is 0 Å². The van der Waals surface area contributed by atoms with E-state index >= 15 is 0 Å². The highest BCUT2D eigenvalue weighted by atomic mass is 79.9. The highest BCUT2D eigenvalue weighted by Crippen LogP contribution is 2.19. The molecule has 0 N–H and O–H groups in total. The van der Waals surface area contributed by atoms with Crippen LogP contribution in [0.15, 0.2) is 0 Å². The van der Waals surface area contributed by atoms with Crippen molar-refractivity contribution in [3.8, 4) is 0 Å². The molecule has 0 amide bonds. The summed E-state index contributed by atoms with van der Waals surface area (Å²) in [6.45, 7) is 4.57. The Hall–Kier alpha value is 0.480. The largest absolute Gasteiger partial charge is 0.0925 e. The number of rotatable bonds is 11. The first kappa shape index (κ1) is 15.5. The van der Waals surface area contributed by atoms with Crippen LogP contribution in [0.1, 0.15) is 78.1 Å². The Morgan fingerprint density at radius 1 is 0.733 bits per heavy atom. The molecule has 0 nitrogen and oxygen atoms in total. The summed E-state index contributed by atoms with van der Waals surface area (Å²) in [5, 5.41) is 1.21. The third-order valence-corrected chi connectivity index (χ3v) is 4.07. The highest BCUT2D eigenvalue weighted by molar-refractivity contribution is 9.09. The van der Waals surface area contributed by atoms with Gasteiger partial charge in [0.15, 0.2) is 0 Å². The van der Waals surface area contributed by atoms with Gasteiger partial charge in [-0.15, -0.1) is 0 Å². The predicted molar refractivity (Wildman–Crippen MR) is 74.8 cm³/mol. The molecule has 0 radical (unpaired) electrons. The van der Waals surface area contributed by atoms with Gasteiger partial charge in [0, 0.05) is 5.33 Å². The zero-order valence-electron chi connectivity index (χ0n) is 10.7. The topological polar surface area (TPSA) is 0 Å². The predicted octanol–water partition coefficient (Wildman–Crippen LogP) is 5.94. The summed E-state index contributed by atoms with van der Waals surface area (Å²) in [7, 11) is 0. The molecule has 0 aromatic rings. The van der Waals surface area contributed by atoms with E-state index < -0.39 is 0 Å². The lowest BCUT2D eigenvalue weighted by Crippen LogP contribution is -2.02. The van der Waals surface area contributed by atoms with Crippen molar-refractivity contribution in [2.45, 2.75) is 78.1 Å². The third kappa shape index (κ3) is 10.8. The number of hydrogen-bond acceptors (Lipinski definition) is 0. The molecule has 0 aromatic carbocycles. The summed E-state index contributed by atoms with van der Waals surface area (Å²) in [5.74, 6) is 0.943.